The summed E-state index contributed by atoms with van der Waals surface area (Å²) in [6, 6.07) is 21.0. The van der Waals surface area contributed by atoms with E-state index in [0.29, 0.717) is 34.9 Å². The maximum atomic E-state index is 13.3. The van der Waals surface area contributed by atoms with Crippen molar-refractivity contribution in [1.82, 2.24) is 10.6 Å². The Kier molecular flexibility index (Phi) is 8.66. The molecule has 0 heterocycles. The lowest BCUT2D eigenvalue weighted by molar-refractivity contribution is -0.122. The van der Waals surface area contributed by atoms with E-state index in [1.54, 1.807) is 49.6 Å². The lowest BCUT2D eigenvalue weighted by atomic mass is 10.0. The summed E-state index contributed by atoms with van der Waals surface area (Å²) in [5.74, 6) is 0.733. The monoisotopic (exact) mass is 476 g/mol. The summed E-state index contributed by atoms with van der Waals surface area (Å²) >= 11 is 0. The lowest BCUT2D eigenvalue weighted by Gasteiger charge is -2.21. The van der Waals surface area contributed by atoms with Crippen molar-refractivity contribution in [1.29, 1.82) is 5.41 Å². The number of hydrogen-bond acceptors (Lipinski definition) is 7. The van der Waals surface area contributed by atoms with Crippen LogP contribution in [0.25, 0.3) is 0 Å². The van der Waals surface area contributed by atoms with E-state index in [4.69, 9.17) is 14.9 Å². The third kappa shape index (κ3) is 6.73. The highest BCUT2D eigenvalue weighted by molar-refractivity contribution is 6.04. The Morgan fingerprint density at radius 3 is 2.20 bits per heavy atom. The number of alkyl carbamates (subject to hydrolysis) is 1. The summed E-state index contributed by atoms with van der Waals surface area (Å²) in [7, 11) is 4.32. The number of nitrogens with one attached hydrogen (secondary N) is 4. The molecule has 35 heavy (non-hydrogen) atoms. The van der Waals surface area contributed by atoms with Gasteiger partial charge in [-0.2, -0.15) is 0 Å². The summed E-state index contributed by atoms with van der Waals surface area (Å²) in [5, 5.41) is 16.5. The van der Waals surface area contributed by atoms with Crippen molar-refractivity contribution in [3.05, 3.63) is 89.5 Å². The Hall–Kier alpha value is -4.53. The van der Waals surface area contributed by atoms with E-state index in [1.807, 2.05) is 30.3 Å². The minimum absolute atomic E-state index is 0.0968. The molecule has 9 nitrogen and oxygen atoms in total. The fourth-order valence-corrected chi connectivity index (χ4v) is 3.34. The topological polar surface area (TPSA) is 122 Å². The fourth-order valence-electron chi connectivity index (χ4n) is 3.34. The molecule has 9 heteroatoms. The Morgan fingerprint density at radius 2 is 1.57 bits per heavy atom. The van der Waals surface area contributed by atoms with Crippen LogP contribution in [-0.2, 0) is 16.1 Å². The molecule has 182 valence electrons. The lowest BCUT2D eigenvalue weighted by Crippen LogP contribution is -2.33. The third-order valence-electron chi connectivity index (χ3n) is 5.21. The van der Waals surface area contributed by atoms with Gasteiger partial charge in [-0.25, -0.2) is 4.79 Å². The number of rotatable bonds is 9. The van der Waals surface area contributed by atoms with Gasteiger partial charge in [-0.3, -0.25) is 15.5 Å². The molecule has 0 saturated carbocycles. The second-order valence-corrected chi connectivity index (χ2v) is 7.46. The van der Waals surface area contributed by atoms with E-state index in [1.165, 1.54) is 14.2 Å². The van der Waals surface area contributed by atoms with Crippen LogP contribution in [0.2, 0.25) is 0 Å². The van der Waals surface area contributed by atoms with Gasteiger partial charge in [0.15, 0.2) is 11.5 Å². The fraction of sp³-hybridized carbons (Fsp3) is 0.192. The third-order valence-corrected chi connectivity index (χ3v) is 5.21. The van der Waals surface area contributed by atoms with Gasteiger partial charge in [-0.1, -0.05) is 36.4 Å². The number of amides is 2. The number of ether oxygens (including phenoxy) is 3. The van der Waals surface area contributed by atoms with Gasteiger partial charge in [0.05, 0.1) is 21.3 Å². The van der Waals surface area contributed by atoms with Crippen molar-refractivity contribution >= 4 is 23.5 Å². The summed E-state index contributed by atoms with van der Waals surface area (Å²) in [6.07, 6.45) is -0.721. The molecule has 3 aromatic carbocycles. The zero-order valence-electron chi connectivity index (χ0n) is 19.8. The molecule has 0 radical (unpaired) electrons. The first-order chi connectivity index (χ1) is 16.9. The number of benzene rings is 3. The van der Waals surface area contributed by atoms with Gasteiger partial charge < -0.3 is 24.8 Å². The van der Waals surface area contributed by atoms with E-state index in [9.17, 15) is 9.59 Å². The van der Waals surface area contributed by atoms with Crippen LogP contribution in [0, 0.1) is 5.41 Å². The number of methoxy groups -OCH3 is 3. The second-order valence-electron chi connectivity index (χ2n) is 7.46. The SMILES string of the molecule is COC(=O)NC(=N)c1ccc(NC(C(=O)NCc2ccccc2)c2ccc(OC)c(OC)c2)cc1. The number of anilines is 1. The normalized spacial score (nSPS) is 11.1. The Balaban J connectivity index is 1.83. The summed E-state index contributed by atoms with van der Waals surface area (Å²) in [5.41, 5.74) is 2.79. The molecule has 1 atom stereocenters. The van der Waals surface area contributed by atoms with Crippen molar-refractivity contribution in [3.8, 4) is 11.5 Å². The first-order valence-corrected chi connectivity index (χ1v) is 10.8. The molecule has 0 fully saturated rings. The number of carbonyl (C=O) groups excluding carboxylic acids is 2. The van der Waals surface area contributed by atoms with Crippen LogP contribution in [0.4, 0.5) is 10.5 Å². The van der Waals surface area contributed by atoms with Gasteiger partial charge in [0, 0.05) is 17.8 Å². The van der Waals surface area contributed by atoms with Crippen molar-refractivity contribution in [3.63, 3.8) is 0 Å². The second kappa shape index (κ2) is 12.1. The molecule has 3 aromatic rings. The van der Waals surface area contributed by atoms with Crippen LogP contribution >= 0.6 is 0 Å². The van der Waals surface area contributed by atoms with E-state index < -0.39 is 12.1 Å². The summed E-state index contributed by atoms with van der Waals surface area (Å²) in [6.45, 7) is 0.375. The molecule has 4 N–H and O–H groups in total. The Labute approximate surface area is 203 Å². The highest BCUT2D eigenvalue weighted by Crippen LogP contribution is 2.31. The predicted octanol–water partition coefficient (Wildman–Crippen LogP) is 3.85. The van der Waals surface area contributed by atoms with Crippen molar-refractivity contribution in [2.75, 3.05) is 26.6 Å². The average Bonchev–Trinajstić information content (AvgIpc) is 2.90. The molecular formula is C26H28N4O5. The van der Waals surface area contributed by atoms with Crippen LogP contribution in [0.5, 0.6) is 11.5 Å². The van der Waals surface area contributed by atoms with Gasteiger partial charge in [0.1, 0.15) is 11.9 Å². The first-order valence-electron chi connectivity index (χ1n) is 10.8. The molecule has 0 aromatic heterocycles. The maximum absolute atomic E-state index is 13.3. The highest BCUT2D eigenvalue weighted by atomic mass is 16.5. The van der Waals surface area contributed by atoms with Gasteiger partial charge in [0.25, 0.3) is 0 Å². The minimum Gasteiger partial charge on any atom is -0.493 e. The molecule has 2 amide bonds. The smallest absolute Gasteiger partial charge is 0.412 e. The van der Waals surface area contributed by atoms with Crippen LogP contribution in [-0.4, -0.2) is 39.2 Å². The van der Waals surface area contributed by atoms with Crippen LogP contribution < -0.4 is 25.4 Å². The summed E-state index contributed by atoms with van der Waals surface area (Å²) in [4.78, 5) is 24.6. The minimum atomic E-state index is -0.739. The van der Waals surface area contributed by atoms with E-state index >= 15 is 0 Å². The number of carbonyl (C=O) groups is 2. The van der Waals surface area contributed by atoms with Crippen LogP contribution in [0.3, 0.4) is 0 Å². The predicted molar refractivity (Wildman–Crippen MR) is 133 cm³/mol. The quantitative estimate of drug-likeness (QED) is 0.275. The van der Waals surface area contributed by atoms with Gasteiger partial charge >= 0.3 is 6.09 Å². The summed E-state index contributed by atoms with van der Waals surface area (Å²) < 4.78 is 15.3. The van der Waals surface area contributed by atoms with E-state index in [2.05, 4.69) is 20.7 Å². The molecule has 0 aliphatic heterocycles. The zero-order valence-corrected chi connectivity index (χ0v) is 19.8. The molecule has 3 rings (SSSR count). The molecule has 0 aliphatic carbocycles. The number of amidine groups is 1. The van der Waals surface area contributed by atoms with Gasteiger partial charge in [0.2, 0.25) is 5.91 Å². The highest BCUT2D eigenvalue weighted by Gasteiger charge is 2.22. The average molecular weight is 477 g/mol. The first kappa shape index (κ1) is 25.1. The van der Waals surface area contributed by atoms with E-state index in [-0.39, 0.29) is 11.7 Å². The molecular weight excluding hydrogens is 448 g/mol. The molecule has 0 bridgehead atoms. The molecule has 1 unspecified atom stereocenters. The van der Waals surface area contributed by atoms with Crippen LogP contribution in [0.1, 0.15) is 22.7 Å². The van der Waals surface area contributed by atoms with Crippen molar-refractivity contribution in [2.24, 2.45) is 0 Å². The maximum Gasteiger partial charge on any atom is 0.412 e. The Bertz CT molecular complexity index is 1170. The largest absolute Gasteiger partial charge is 0.493 e. The molecule has 0 aliphatic rings. The van der Waals surface area contributed by atoms with Gasteiger partial charge in [-0.05, 0) is 47.5 Å². The Morgan fingerprint density at radius 1 is 0.886 bits per heavy atom. The molecule has 0 spiro atoms. The van der Waals surface area contributed by atoms with Crippen molar-refractivity contribution in [2.45, 2.75) is 12.6 Å². The van der Waals surface area contributed by atoms with E-state index in [0.717, 1.165) is 5.56 Å². The zero-order chi connectivity index (χ0) is 25.2. The standard InChI is InChI=1S/C26H28N4O5/c1-33-21-14-11-19(15-22(21)34-2)23(25(31)28-16-17-7-5-4-6-8-17)29-20-12-9-18(10-13-20)24(27)30-26(32)35-3/h4-15,23,29H,16H2,1-3H3,(H,28,31)(H2,27,30,32). The molecule has 0 saturated heterocycles. The van der Waals surface area contributed by atoms with Crippen LogP contribution in [0.15, 0.2) is 72.8 Å². The number of hydrogen-bond donors (Lipinski definition) is 4. The van der Waals surface area contributed by atoms with Crippen molar-refractivity contribution < 1.29 is 23.8 Å². The van der Waals surface area contributed by atoms with Gasteiger partial charge in [-0.15, -0.1) is 0 Å².